The van der Waals surface area contributed by atoms with Crippen molar-refractivity contribution >= 4 is 11.8 Å². The van der Waals surface area contributed by atoms with Gasteiger partial charge in [0.2, 0.25) is 11.8 Å². The molecule has 1 rings (SSSR count). The van der Waals surface area contributed by atoms with E-state index in [1.807, 2.05) is 0 Å². The Bertz CT molecular complexity index is 222. The minimum Gasteiger partial charge on any atom is -0.524 e. The Balaban J connectivity index is 2.67. The van der Waals surface area contributed by atoms with Gasteiger partial charge in [-0.1, -0.05) is 6.58 Å². The lowest BCUT2D eigenvalue weighted by molar-refractivity contribution is -0.137. The third-order valence-corrected chi connectivity index (χ3v) is 1.24. The standard InChI is InChI=1S/C7H8NO3/c1-5(2)7(10)8-4-11-3-6(8)9/h4H,1,3H2,2H3/q-1. The van der Waals surface area contributed by atoms with Crippen LogP contribution >= 0.6 is 0 Å². The van der Waals surface area contributed by atoms with Crippen molar-refractivity contribution in [2.75, 3.05) is 6.61 Å². The number of hydrogen-bond acceptors (Lipinski definition) is 3. The van der Waals surface area contributed by atoms with Gasteiger partial charge in [-0.25, -0.2) is 0 Å². The van der Waals surface area contributed by atoms with Crippen LogP contribution in [-0.2, 0) is 14.3 Å². The molecule has 2 amide bonds. The third-order valence-electron chi connectivity index (χ3n) is 1.24. The molecule has 0 unspecified atom stereocenters. The third kappa shape index (κ3) is 1.46. The molecule has 0 aromatic rings. The molecular weight excluding hydrogens is 146 g/mol. The summed E-state index contributed by atoms with van der Waals surface area (Å²) in [4.78, 5) is 22.8. The van der Waals surface area contributed by atoms with Crippen molar-refractivity contribution in [3.8, 4) is 0 Å². The van der Waals surface area contributed by atoms with Gasteiger partial charge in [0, 0.05) is 5.57 Å². The molecule has 0 saturated carbocycles. The molecule has 0 aliphatic carbocycles. The van der Waals surface area contributed by atoms with E-state index in [1.165, 1.54) is 0 Å². The first-order chi connectivity index (χ1) is 5.13. The van der Waals surface area contributed by atoms with Crippen molar-refractivity contribution in [2.24, 2.45) is 0 Å². The highest BCUT2D eigenvalue weighted by atomic mass is 16.5. The second kappa shape index (κ2) is 2.84. The van der Waals surface area contributed by atoms with Gasteiger partial charge in [-0.05, 0) is 6.92 Å². The molecule has 1 aliphatic rings. The largest absolute Gasteiger partial charge is 0.524 e. The van der Waals surface area contributed by atoms with Gasteiger partial charge in [-0.3, -0.25) is 9.59 Å². The smallest absolute Gasteiger partial charge is 0.228 e. The maximum absolute atomic E-state index is 11.0. The number of nitrogens with zero attached hydrogens (tertiary/aromatic N) is 1. The van der Waals surface area contributed by atoms with Crippen molar-refractivity contribution in [1.82, 2.24) is 4.90 Å². The van der Waals surface area contributed by atoms with E-state index >= 15 is 0 Å². The molecule has 0 bridgehead atoms. The van der Waals surface area contributed by atoms with E-state index in [2.05, 4.69) is 11.3 Å². The SMILES string of the molecule is C=C(C)C(=O)N1[CH-]OCC1=O. The van der Waals surface area contributed by atoms with Gasteiger partial charge in [-0.15, -0.1) is 6.73 Å². The summed E-state index contributed by atoms with van der Waals surface area (Å²) >= 11 is 0. The van der Waals surface area contributed by atoms with Crippen LogP contribution in [0.4, 0.5) is 0 Å². The van der Waals surface area contributed by atoms with Crippen LogP contribution in [0, 0.1) is 6.73 Å². The molecule has 0 aromatic carbocycles. The predicted octanol–water partition coefficient (Wildman–Crippen LogP) is 0.0672. The maximum atomic E-state index is 11.0. The molecule has 60 valence electrons. The number of imide groups is 1. The number of hydrogen-bond donors (Lipinski definition) is 0. The lowest BCUT2D eigenvalue weighted by Crippen LogP contribution is -2.30. The Hall–Kier alpha value is -1.16. The van der Waals surface area contributed by atoms with E-state index in [1.54, 1.807) is 6.92 Å². The highest BCUT2D eigenvalue weighted by Gasteiger charge is 2.18. The molecular formula is C7H8NO3-. The zero-order valence-corrected chi connectivity index (χ0v) is 6.16. The fraction of sp³-hybridized carbons (Fsp3) is 0.286. The summed E-state index contributed by atoms with van der Waals surface area (Å²) in [6, 6.07) is 0. The van der Waals surface area contributed by atoms with Crippen molar-refractivity contribution in [3.05, 3.63) is 18.9 Å². The van der Waals surface area contributed by atoms with Crippen molar-refractivity contribution in [3.63, 3.8) is 0 Å². The van der Waals surface area contributed by atoms with Crippen LogP contribution in [0.2, 0.25) is 0 Å². The lowest BCUT2D eigenvalue weighted by atomic mass is 10.3. The summed E-state index contributed by atoms with van der Waals surface area (Å²) in [6.07, 6.45) is 0. The first-order valence-corrected chi connectivity index (χ1v) is 3.10. The normalized spacial score (nSPS) is 17.2. The number of rotatable bonds is 1. The van der Waals surface area contributed by atoms with Crippen LogP contribution in [0.1, 0.15) is 6.92 Å². The van der Waals surface area contributed by atoms with Crippen molar-refractivity contribution in [1.29, 1.82) is 0 Å². The fourth-order valence-electron chi connectivity index (χ4n) is 0.678. The topological polar surface area (TPSA) is 46.6 Å². The second-order valence-corrected chi connectivity index (χ2v) is 2.27. The van der Waals surface area contributed by atoms with Crippen molar-refractivity contribution < 1.29 is 14.3 Å². The molecule has 0 aromatic heterocycles. The molecule has 4 heteroatoms. The van der Waals surface area contributed by atoms with E-state index in [-0.39, 0.29) is 12.5 Å². The van der Waals surface area contributed by atoms with Crippen LogP contribution in [0.5, 0.6) is 0 Å². The molecule has 11 heavy (non-hydrogen) atoms. The number of ether oxygens (including phenoxy) is 1. The Morgan fingerprint density at radius 1 is 1.82 bits per heavy atom. The van der Waals surface area contributed by atoms with E-state index in [0.717, 1.165) is 11.6 Å². The average Bonchev–Trinajstić information content (AvgIpc) is 2.33. The molecule has 0 radical (unpaired) electrons. The van der Waals surface area contributed by atoms with E-state index in [9.17, 15) is 9.59 Å². The Morgan fingerprint density at radius 3 is 2.82 bits per heavy atom. The fourth-order valence-corrected chi connectivity index (χ4v) is 0.678. The molecule has 0 atom stereocenters. The number of amides is 2. The molecule has 1 heterocycles. The molecule has 4 nitrogen and oxygen atoms in total. The summed E-state index contributed by atoms with van der Waals surface area (Å²) < 4.78 is 4.63. The van der Waals surface area contributed by atoms with E-state index < -0.39 is 5.91 Å². The van der Waals surface area contributed by atoms with Crippen LogP contribution in [0.15, 0.2) is 12.2 Å². The monoisotopic (exact) mass is 154 g/mol. The van der Waals surface area contributed by atoms with Crippen LogP contribution in [-0.4, -0.2) is 23.3 Å². The van der Waals surface area contributed by atoms with Crippen LogP contribution < -0.4 is 0 Å². The summed E-state index contributed by atoms with van der Waals surface area (Å²) in [6.45, 7) is 6.01. The Kier molecular flexibility index (Phi) is 2.05. The summed E-state index contributed by atoms with van der Waals surface area (Å²) in [5.41, 5.74) is 0.320. The molecule has 0 N–H and O–H groups in total. The predicted molar refractivity (Wildman–Crippen MR) is 36.9 cm³/mol. The summed E-state index contributed by atoms with van der Waals surface area (Å²) in [7, 11) is 0. The first kappa shape index (κ1) is 7.94. The summed E-state index contributed by atoms with van der Waals surface area (Å²) in [5.74, 6) is -0.759. The minimum atomic E-state index is -0.410. The zero-order valence-electron chi connectivity index (χ0n) is 6.16. The molecule has 0 spiro atoms. The van der Waals surface area contributed by atoms with Gasteiger partial charge in [0.05, 0.1) is 6.61 Å². The van der Waals surface area contributed by atoms with Crippen LogP contribution in [0.3, 0.4) is 0 Å². The van der Waals surface area contributed by atoms with Gasteiger partial charge in [-0.2, -0.15) is 0 Å². The Morgan fingerprint density at radius 2 is 2.45 bits per heavy atom. The van der Waals surface area contributed by atoms with E-state index in [4.69, 9.17) is 0 Å². The zero-order chi connectivity index (χ0) is 8.43. The highest BCUT2D eigenvalue weighted by Crippen LogP contribution is 2.09. The number of carbonyl (C=O) groups is 2. The van der Waals surface area contributed by atoms with Gasteiger partial charge in [0.1, 0.15) is 0 Å². The highest BCUT2D eigenvalue weighted by molar-refractivity contribution is 6.05. The van der Waals surface area contributed by atoms with E-state index in [0.29, 0.717) is 5.57 Å². The molecule has 1 aliphatic heterocycles. The van der Waals surface area contributed by atoms with Crippen molar-refractivity contribution in [2.45, 2.75) is 6.92 Å². The van der Waals surface area contributed by atoms with Gasteiger partial charge >= 0.3 is 0 Å². The quantitative estimate of drug-likeness (QED) is 0.396. The maximum Gasteiger partial charge on any atom is 0.228 e. The molecule has 1 fully saturated rings. The summed E-state index contributed by atoms with van der Waals surface area (Å²) in [5, 5.41) is 0. The first-order valence-electron chi connectivity index (χ1n) is 3.10. The Labute approximate surface area is 64.4 Å². The molecule has 1 saturated heterocycles. The second-order valence-electron chi connectivity index (χ2n) is 2.27. The van der Waals surface area contributed by atoms with Gasteiger partial charge < -0.3 is 9.64 Å². The van der Waals surface area contributed by atoms with Gasteiger partial charge in [0.25, 0.3) is 0 Å². The lowest BCUT2D eigenvalue weighted by Gasteiger charge is -2.20. The van der Waals surface area contributed by atoms with Crippen LogP contribution in [0.25, 0.3) is 0 Å². The minimum absolute atomic E-state index is 0.0565. The average molecular weight is 154 g/mol. The van der Waals surface area contributed by atoms with Gasteiger partial charge in [0.15, 0.2) is 0 Å². The number of carbonyl (C=O) groups excluding carboxylic acids is 2.